The van der Waals surface area contributed by atoms with E-state index in [1.54, 1.807) is 6.07 Å². The molecular formula is C11H13NO4S. The summed E-state index contributed by atoms with van der Waals surface area (Å²) in [6, 6.07) is 5.97. The zero-order valence-corrected chi connectivity index (χ0v) is 10.2. The molecule has 0 aliphatic rings. The molecule has 0 aliphatic carbocycles. The van der Waals surface area contributed by atoms with Crippen molar-refractivity contribution in [3.8, 4) is 0 Å². The highest BCUT2D eigenvalue weighted by molar-refractivity contribution is 7.85. The van der Waals surface area contributed by atoms with Crippen LogP contribution < -0.4 is 0 Å². The topological polar surface area (TPSA) is 77.3 Å². The van der Waals surface area contributed by atoms with Crippen molar-refractivity contribution >= 4 is 22.3 Å². The molecular weight excluding hydrogens is 242 g/mol. The minimum atomic E-state index is -1.43. The SMILES string of the molecule is CC(=O)CCCS(=O)c1ccccc1[N+](=O)[O-]. The minimum Gasteiger partial charge on any atom is -0.300 e. The third-order valence-corrected chi connectivity index (χ3v) is 3.66. The number of benzene rings is 1. The van der Waals surface area contributed by atoms with E-state index >= 15 is 0 Å². The van der Waals surface area contributed by atoms with Crippen LogP contribution in [0, 0.1) is 10.1 Å². The monoisotopic (exact) mass is 255 g/mol. The number of hydrogen-bond donors (Lipinski definition) is 0. The van der Waals surface area contributed by atoms with Gasteiger partial charge in [-0.05, 0) is 19.4 Å². The highest BCUT2D eigenvalue weighted by atomic mass is 32.2. The Labute approximate surface area is 101 Å². The summed E-state index contributed by atoms with van der Waals surface area (Å²) in [6.45, 7) is 1.47. The van der Waals surface area contributed by atoms with Gasteiger partial charge in [-0.15, -0.1) is 0 Å². The third kappa shape index (κ3) is 4.07. The van der Waals surface area contributed by atoms with E-state index in [-0.39, 0.29) is 22.1 Å². The molecule has 1 rings (SSSR count). The average Bonchev–Trinajstić information content (AvgIpc) is 2.28. The zero-order valence-electron chi connectivity index (χ0n) is 9.42. The van der Waals surface area contributed by atoms with Crippen LogP contribution in [0.3, 0.4) is 0 Å². The van der Waals surface area contributed by atoms with E-state index in [4.69, 9.17) is 0 Å². The first-order valence-electron chi connectivity index (χ1n) is 5.13. The first kappa shape index (κ1) is 13.5. The van der Waals surface area contributed by atoms with Gasteiger partial charge in [0.25, 0.3) is 5.69 Å². The Bertz CT molecular complexity index is 459. The Morgan fingerprint density at radius 3 is 2.65 bits per heavy atom. The Kier molecular flexibility index (Phi) is 4.96. The number of ketones is 1. The molecule has 0 aromatic heterocycles. The van der Waals surface area contributed by atoms with Crippen molar-refractivity contribution < 1.29 is 13.9 Å². The largest absolute Gasteiger partial charge is 0.300 e. The zero-order chi connectivity index (χ0) is 12.8. The van der Waals surface area contributed by atoms with Gasteiger partial charge in [-0.3, -0.25) is 14.3 Å². The first-order valence-corrected chi connectivity index (χ1v) is 6.45. The molecule has 0 bridgehead atoms. The molecule has 1 atom stereocenters. The van der Waals surface area contributed by atoms with Crippen LogP contribution in [0.15, 0.2) is 29.2 Å². The number of rotatable bonds is 6. The molecule has 0 aliphatic heterocycles. The summed E-state index contributed by atoms with van der Waals surface area (Å²) in [5.41, 5.74) is -0.131. The van der Waals surface area contributed by atoms with Crippen LogP contribution in [0.25, 0.3) is 0 Å². The lowest BCUT2D eigenvalue weighted by atomic mass is 10.3. The van der Waals surface area contributed by atoms with Gasteiger partial charge in [-0.25, -0.2) is 0 Å². The van der Waals surface area contributed by atoms with Crippen molar-refractivity contribution in [3.05, 3.63) is 34.4 Å². The molecule has 0 radical (unpaired) electrons. The van der Waals surface area contributed by atoms with Crippen molar-refractivity contribution in [3.63, 3.8) is 0 Å². The summed E-state index contributed by atoms with van der Waals surface area (Å²) in [6.07, 6.45) is 0.834. The highest BCUT2D eigenvalue weighted by Gasteiger charge is 2.17. The molecule has 0 saturated heterocycles. The number of Topliss-reactive ketones (excluding diaryl/α,β-unsaturated/α-hetero) is 1. The molecule has 0 heterocycles. The maximum atomic E-state index is 11.8. The van der Waals surface area contributed by atoms with Crippen molar-refractivity contribution in [1.82, 2.24) is 0 Å². The van der Waals surface area contributed by atoms with Gasteiger partial charge in [0.05, 0.1) is 15.7 Å². The number of nitro groups is 1. The molecule has 17 heavy (non-hydrogen) atoms. The van der Waals surface area contributed by atoms with E-state index in [9.17, 15) is 19.1 Å². The summed E-state index contributed by atoms with van der Waals surface area (Å²) in [4.78, 5) is 21.1. The van der Waals surface area contributed by atoms with Crippen molar-refractivity contribution in [2.24, 2.45) is 0 Å². The second-order valence-corrected chi connectivity index (χ2v) is 5.12. The molecule has 0 saturated carbocycles. The van der Waals surface area contributed by atoms with E-state index in [2.05, 4.69) is 0 Å². The molecule has 1 aromatic rings. The van der Waals surface area contributed by atoms with Gasteiger partial charge in [0.1, 0.15) is 10.7 Å². The molecule has 0 fully saturated rings. The van der Waals surface area contributed by atoms with Gasteiger partial charge in [0.15, 0.2) is 0 Å². The van der Waals surface area contributed by atoms with E-state index in [0.29, 0.717) is 12.8 Å². The van der Waals surface area contributed by atoms with E-state index in [0.717, 1.165) is 0 Å². The summed E-state index contributed by atoms with van der Waals surface area (Å²) in [5.74, 6) is 0.300. The molecule has 0 N–H and O–H groups in total. The average molecular weight is 255 g/mol. The maximum absolute atomic E-state index is 11.8. The number of para-hydroxylation sites is 1. The number of nitro benzene ring substituents is 1. The number of carbonyl (C=O) groups excluding carboxylic acids is 1. The van der Waals surface area contributed by atoms with Gasteiger partial charge in [0.2, 0.25) is 0 Å². The summed E-state index contributed by atoms with van der Waals surface area (Å²) >= 11 is 0. The first-order chi connectivity index (χ1) is 8.02. The lowest BCUT2D eigenvalue weighted by Gasteiger charge is -2.02. The molecule has 5 nitrogen and oxygen atoms in total. The molecule has 6 heteroatoms. The van der Waals surface area contributed by atoms with E-state index in [1.807, 2.05) is 0 Å². The fourth-order valence-corrected chi connectivity index (χ4v) is 2.60. The lowest BCUT2D eigenvalue weighted by molar-refractivity contribution is -0.387. The maximum Gasteiger partial charge on any atom is 0.285 e. The Hall–Kier alpha value is -1.56. The summed E-state index contributed by atoms with van der Waals surface area (Å²) in [7, 11) is -1.43. The molecule has 0 spiro atoms. The van der Waals surface area contributed by atoms with Crippen molar-refractivity contribution in [1.29, 1.82) is 0 Å². The van der Waals surface area contributed by atoms with Crippen LogP contribution in [0.5, 0.6) is 0 Å². The van der Waals surface area contributed by atoms with Crippen LogP contribution in [0.4, 0.5) is 5.69 Å². The van der Waals surface area contributed by atoms with Crippen LogP contribution in [-0.2, 0) is 15.6 Å². The van der Waals surface area contributed by atoms with Gasteiger partial charge in [-0.2, -0.15) is 0 Å². The second kappa shape index (κ2) is 6.24. The lowest BCUT2D eigenvalue weighted by Crippen LogP contribution is -2.03. The van der Waals surface area contributed by atoms with Crippen LogP contribution in [0.2, 0.25) is 0 Å². The summed E-state index contributed by atoms with van der Waals surface area (Å²) < 4.78 is 11.8. The molecule has 92 valence electrons. The Balaban J connectivity index is 2.75. The number of nitrogens with zero attached hydrogens (tertiary/aromatic N) is 1. The quantitative estimate of drug-likeness (QED) is 0.576. The van der Waals surface area contributed by atoms with Crippen LogP contribution >= 0.6 is 0 Å². The predicted molar refractivity (Wildman–Crippen MR) is 64.3 cm³/mol. The van der Waals surface area contributed by atoms with Crippen molar-refractivity contribution in [2.45, 2.75) is 24.7 Å². The van der Waals surface area contributed by atoms with Crippen LogP contribution in [-0.4, -0.2) is 20.7 Å². The number of hydrogen-bond acceptors (Lipinski definition) is 4. The minimum absolute atomic E-state index is 0.0320. The number of carbonyl (C=O) groups is 1. The molecule has 1 unspecified atom stereocenters. The highest BCUT2D eigenvalue weighted by Crippen LogP contribution is 2.21. The summed E-state index contributed by atoms with van der Waals surface area (Å²) in [5, 5.41) is 10.7. The van der Waals surface area contributed by atoms with Gasteiger partial charge < -0.3 is 4.79 Å². The smallest absolute Gasteiger partial charge is 0.285 e. The third-order valence-electron chi connectivity index (χ3n) is 2.17. The van der Waals surface area contributed by atoms with Gasteiger partial charge >= 0.3 is 0 Å². The molecule has 1 aromatic carbocycles. The van der Waals surface area contributed by atoms with Crippen molar-refractivity contribution in [2.75, 3.05) is 5.75 Å². The fraction of sp³-hybridized carbons (Fsp3) is 0.364. The fourth-order valence-electron chi connectivity index (χ4n) is 1.36. The Morgan fingerprint density at radius 2 is 2.06 bits per heavy atom. The standard InChI is InChI=1S/C11H13NO4S/c1-9(13)5-4-8-17(16)11-7-3-2-6-10(11)12(14)15/h2-3,6-7H,4-5,8H2,1H3. The van der Waals surface area contributed by atoms with Gasteiger partial charge in [-0.1, -0.05) is 12.1 Å². The Morgan fingerprint density at radius 1 is 1.41 bits per heavy atom. The molecule has 0 amide bonds. The predicted octanol–water partition coefficient (Wildman–Crippen LogP) is 2.07. The second-order valence-electron chi connectivity index (χ2n) is 3.58. The van der Waals surface area contributed by atoms with E-state index < -0.39 is 15.7 Å². The van der Waals surface area contributed by atoms with E-state index in [1.165, 1.54) is 25.1 Å². The van der Waals surface area contributed by atoms with Gasteiger partial charge in [0, 0.05) is 18.2 Å². The van der Waals surface area contributed by atoms with Crippen LogP contribution in [0.1, 0.15) is 19.8 Å². The normalized spacial score (nSPS) is 12.1.